The molecule has 1 aliphatic carbocycles. The highest BCUT2D eigenvalue weighted by molar-refractivity contribution is 6.17. The molecule has 124 valence electrons. The first kappa shape index (κ1) is 16.4. The van der Waals surface area contributed by atoms with Gasteiger partial charge in [0.05, 0.1) is 0 Å². The third kappa shape index (κ3) is 3.25. The number of nitrogens with one attached hydrogen (secondary N) is 1. The summed E-state index contributed by atoms with van der Waals surface area (Å²) in [5.74, 6) is 0.721. The number of aryl methyl sites for hydroxylation is 2. The lowest BCUT2D eigenvalue weighted by Crippen LogP contribution is -2.23. The number of halogens is 1. The fraction of sp³-hybridized carbons (Fsp3) is 0.526. The smallest absolute Gasteiger partial charge is 0.251 e. The predicted octanol–water partition coefficient (Wildman–Crippen LogP) is 4.29. The Labute approximate surface area is 143 Å². The molecule has 1 heterocycles. The number of amides is 1. The van der Waals surface area contributed by atoms with E-state index in [0.717, 1.165) is 44.3 Å². The Bertz CT molecular complexity index is 705. The van der Waals surface area contributed by atoms with E-state index >= 15 is 0 Å². The summed E-state index contributed by atoms with van der Waals surface area (Å²) in [7, 11) is 0. The Balaban J connectivity index is 2.02. The maximum absolute atomic E-state index is 12.3. The Morgan fingerprint density at radius 2 is 2.13 bits per heavy atom. The first-order valence-corrected chi connectivity index (χ1v) is 9.28. The van der Waals surface area contributed by atoms with E-state index in [1.54, 1.807) is 0 Å². The molecule has 4 heteroatoms. The summed E-state index contributed by atoms with van der Waals surface area (Å²) in [5, 5.41) is 4.23. The Morgan fingerprint density at radius 3 is 2.91 bits per heavy atom. The molecule has 0 saturated heterocycles. The number of hydrogen-bond donors (Lipinski definition) is 1. The molecule has 3 rings (SSSR count). The number of benzene rings is 1. The van der Waals surface area contributed by atoms with Crippen molar-refractivity contribution in [2.45, 2.75) is 52.0 Å². The Kier molecular flexibility index (Phi) is 5.27. The number of rotatable bonds is 6. The minimum atomic E-state index is 0.0341. The highest BCUT2D eigenvalue weighted by Crippen LogP contribution is 2.33. The van der Waals surface area contributed by atoms with Crippen molar-refractivity contribution in [2.24, 2.45) is 0 Å². The zero-order chi connectivity index (χ0) is 16.2. The number of alkyl halides is 1. The van der Waals surface area contributed by atoms with Crippen LogP contribution in [0, 0.1) is 0 Å². The van der Waals surface area contributed by atoms with Crippen LogP contribution in [0.25, 0.3) is 10.9 Å². The van der Waals surface area contributed by atoms with Crippen molar-refractivity contribution in [3.63, 3.8) is 0 Å². The van der Waals surface area contributed by atoms with E-state index < -0.39 is 0 Å². The van der Waals surface area contributed by atoms with E-state index in [1.165, 1.54) is 35.0 Å². The van der Waals surface area contributed by atoms with E-state index in [1.807, 2.05) is 6.07 Å². The minimum absolute atomic E-state index is 0.0341. The van der Waals surface area contributed by atoms with Crippen molar-refractivity contribution < 1.29 is 4.79 Å². The molecule has 3 nitrogen and oxygen atoms in total. The minimum Gasteiger partial charge on any atom is -0.352 e. The van der Waals surface area contributed by atoms with Crippen LogP contribution in [0.2, 0.25) is 0 Å². The van der Waals surface area contributed by atoms with E-state index in [9.17, 15) is 4.79 Å². The van der Waals surface area contributed by atoms with Gasteiger partial charge in [-0.05, 0) is 62.3 Å². The van der Waals surface area contributed by atoms with Gasteiger partial charge in [0.15, 0.2) is 0 Å². The molecule has 1 aromatic heterocycles. The van der Waals surface area contributed by atoms with Gasteiger partial charge in [-0.3, -0.25) is 4.79 Å². The first-order valence-electron chi connectivity index (χ1n) is 8.74. The van der Waals surface area contributed by atoms with Gasteiger partial charge in [-0.1, -0.05) is 6.92 Å². The monoisotopic (exact) mass is 332 g/mol. The summed E-state index contributed by atoms with van der Waals surface area (Å²) in [6.45, 7) is 3.76. The fourth-order valence-corrected chi connectivity index (χ4v) is 3.71. The average Bonchev–Trinajstić information content (AvgIpc) is 2.91. The summed E-state index contributed by atoms with van der Waals surface area (Å²) in [4.78, 5) is 12.3. The number of nitrogens with zero attached hydrogens (tertiary/aromatic N) is 1. The van der Waals surface area contributed by atoms with Crippen molar-refractivity contribution in [1.29, 1.82) is 0 Å². The average molecular weight is 333 g/mol. The van der Waals surface area contributed by atoms with Gasteiger partial charge >= 0.3 is 0 Å². The molecule has 0 bridgehead atoms. The molecule has 23 heavy (non-hydrogen) atoms. The molecule has 0 aliphatic heterocycles. The van der Waals surface area contributed by atoms with Crippen molar-refractivity contribution >= 4 is 28.4 Å². The number of carbonyl (C=O) groups excluding carboxylic acids is 1. The van der Waals surface area contributed by atoms with Gasteiger partial charge in [0, 0.05) is 41.1 Å². The normalized spacial score (nSPS) is 14.0. The summed E-state index contributed by atoms with van der Waals surface area (Å²) in [5.41, 5.74) is 4.94. The zero-order valence-electron chi connectivity index (χ0n) is 13.8. The Morgan fingerprint density at radius 1 is 1.30 bits per heavy atom. The van der Waals surface area contributed by atoms with E-state index in [0.29, 0.717) is 5.88 Å². The second-order valence-corrected chi connectivity index (χ2v) is 6.69. The van der Waals surface area contributed by atoms with Gasteiger partial charge in [-0.25, -0.2) is 0 Å². The Hall–Kier alpha value is -1.48. The zero-order valence-corrected chi connectivity index (χ0v) is 14.6. The molecule has 0 unspecified atom stereocenters. The van der Waals surface area contributed by atoms with E-state index in [4.69, 9.17) is 11.6 Å². The highest BCUT2D eigenvalue weighted by Gasteiger charge is 2.20. The molecule has 0 atom stereocenters. The molecular formula is C19H25ClN2O. The molecule has 1 aromatic carbocycles. The first-order chi connectivity index (χ1) is 11.3. The van der Waals surface area contributed by atoms with Gasteiger partial charge in [-0.15, -0.1) is 11.6 Å². The summed E-state index contributed by atoms with van der Waals surface area (Å²) >= 11 is 5.90. The van der Waals surface area contributed by atoms with Crippen LogP contribution in [-0.2, 0) is 19.4 Å². The molecule has 1 amide bonds. The third-order valence-corrected chi connectivity index (χ3v) is 4.96. The van der Waals surface area contributed by atoms with E-state index in [2.05, 4.69) is 28.9 Å². The molecular weight excluding hydrogens is 308 g/mol. The highest BCUT2D eigenvalue weighted by atomic mass is 35.5. The molecule has 0 radical (unpaired) electrons. The van der Waals surface area contributed by atoms with E-state index in [-0.39, 0.29) is 5.91 Å². The van der Waals surface area contributed by atoms with Crippen molar-refractivity contribution in [1.82, 2.24) is 9.88 Å². The second kappa shape index (κ2) is 7.39. The number of fused-ring (bicyclic) bond motifs is 3. The third-order valence-electron chi connectivity index (χ3n) is 4.69. The number of carbonyl (C=O) groups is 1. The number of hydrogen-bond acceptors (Lipinski definition) is 1. The maximum atomic E-state index is 12.3. The van der Waals surface area contributed by atoms with Gasteiger partial charge in [0.1, 0.15) is 0 Å². The van der Waals surface area contributed by atoms with Gasteiger partial charge in [-0.2, -0.15) is 0 Å². The van der Waals surface area contributed by atoms with Gasteiger partial charge in [0.25, 0.3) is 5.91 Å². The van der Waals surface area contributed by atoms with Crippen molar-refractivity contribution in [3.05, 3.63) is 35.0 Å². The molecule has 1 N–H and O–H groups in total. The topological polar surface area (TPSA) is 34.0 Å². The largest absolute Gasteiger partial charge is 0.352 e. The van der Waals surface area contributed by atoms with Crippen molar-refractivity contribution in [2.75, 3.05) is 12.4 Å². The number of aromatic nitrogens is 1. The quantitative estimate of drug-likeness (QED) is 0.787. The summed E-state index contributed by atoms with van der Waals surface area (Å²) in [6.07, 6.45) is 6.71. The van der Waals surface area contributed by atoms with Crippen LogP contribution in [0.15, 0.2) is 18.2 Å². The van der Waals surface area contributed by atoms with Crippen LogP contribution in [0.4, 0.5) is 0 Å². The predicted molar refractivity (Wildman–Crippen MR) is 96.5 cm³/mol. The maximum Gasteiger partial charge on any atom is 0.251 e. The lowest BCUT2D eigenvalue weighted by molar-refractivity contribution is 0.0954. The lowest BCUT2D eigenvalue weighted by atomic mass is 9.95. The summed E-state index contributed by atoms with van der Waals surface area (Å²) in [6, 6.07) is 6.15. The van der Waals surface area contributed by atoms with Gasteiger partial charge < -0.3 is 9.88 Å². The molecule has 0 saturated carbocycles. The fourth-order valence-electron chi connectivity index (χ4n) is 3.59. The SMILES string of the molecule is CCCNC(=O)c1ccc2c(c1)c1c(n2CCCCl)CCCC1. The van der Waals surface area contributed by atoms with Crippen LogP contribution >= 0.6 is 11.6 Å². The standard InChI is InChI=1S/C19H25ClN2O/c1-2-11-21-19(23)14-8-9-18-16(13-14)15-6-3-4-7-17(15)22(18)12-5-10-20/h8-9,13H,2-7,10-12H2,1H3,(H,21,23). The van der Waals surface area contributed by atoms with Crippen LogP contribution in [-0.4, -0.2) is 22.9 Å². The summed E-state index contributed by atoms with van der Waals surface area (Å²) < 4.78 is 2.43. The molecule has 2 aromatic rings. The second-order valence-electron chi connectivity index (χ2n) is 6.31. The van der Waals surface area contributed by atoms with Crippen molar-refractivity contribution in [3.8, 4) is 0 Å². The molecule has 0 spiro atoms. The molecule has 1 aliphatic rings. The molecule has 0 fully saturated rings. The van der Waals surface area contributed by atoms with Crippen LogP contribution in [0.3, 0.4) is 0 Å². The van der Waals surface area contributed by atoms with Crippen LogP contribution in [0.1, 0.15) is 54.2 Å². The van der Waals surface area contributed by atoms with Gasteiger partial charge in [0.2, 0.25) is 0 Å². The lowest BCUT2D eigenvalue weighted by Gasteiger charge is -2.15. The van der Waals surface area contributed by atoms with Crippen LogP contribution < -0.4 is 5.32 Å². The van der Waals surface area contributed by atoms with Crippen LogP contribution in [0.5, 0.6) is 0 Å².